The first kappa shape index (κ1) is 15.2. The molecule has 0 aliphatic carbocycles. The van der Waals surface area contributed by atoms with E-state index in [9.17, 15) is 4.79 Å². The normalized spacial score (nSPS) is 10.5. The van der Waals surface area contributed by atoms with Gasteiger partial charge in [-0.15, -0.1) is 5.10 Å². The van der Waals surface area contributed by atoms with E-state index in [1.807, 2.05) is 31.2 Å². The first-order chi connectivity index (χ1) is 11.1. The summed E-state index contributed by atoms with van der Waals surface area (Å²) in [5, 5.41) is 7.32. The number of hydrogen-bond donors (Lipinski definition) is 1. The molecule has 1 N–H and O–H groups in total. The van der Waals surface area contributed by atoms with Gasteiger partial charge in [0.2, 0.25) is 5.95 Å². The first-order valence-electron chi connectivity index (χ1n) is 7.13. The Kier molecular flexibility index (Phi) is 4.39. The Hall–Kier alpha value is -2.66. The molecule has 0 saturated carbocycles. The van der Waals surface area contributed by atoms with E-state index in [-0.39, 0.29) is 11.9 Å². The van der Waals surface area contributed by atoms with E-state index in [0.717, 1.165) is 5.56 Å². The summed E-state index contributed by atoms with van der Waals surface area (Å²) in [4.78, 5) is 16.3. The molecule has 23 heavy (non-hydrogen) atoms. The lowest BCUT2D eigenvalue weighted by Gasteiger charge is -2.05. The molecule has 5 nitrogen and oxygen atoms in total. The van der Waals surface area contributed by atoms with E-state index in [1.54, 1.807) is 35.3 Å². The average Bonchev–Trinajstić information content (AvgIpc) is 2.97. The van der Waals surface area contributed by atoms with Crippen molar-refractivity contribution in [3.8, 4) is 0 Å². The minimum atomic E-state index is -0.329. The maximum atomic E-state index is 12.2. The van der Waals surface area contributed by atoms with Crippen LogP contribution in [0.3, 0.4) is 0 Å². The minimum Gasteiger partial charge on any atom is -0.289 e. The number of carbonyl (C=O) groups is 1. The molecule has 2 aromatic carbocycles. The second-order valence-electron chi connectivity index (χ2n) is 5.13. The highest BCUT2D eigenvalue weighted by atomic mass is 35.5. The molecule has 1 aromatic heterocycles. The lowest BCUT2D eigenvalue weighted by Crippen LogP contribution is -2.14. The maximum absolute atomic E-state index is 12.2. The van der Waals surface area contributed by atoms with Crippen molar-refractivity contribution in [1.82, 2.24) is 14.8 Å². The van der Waals surface area contributed by atoms with E-state index in [4.69, 9.17) is 11.6 Å². The number of amides is 1. The van der Waals surface area contributed by atoms with E-state index in [2.05, 4.69) is 15.4 Å². The van der Waals surface area contributed by atoms with Crippen LogP contribution in [0.5, 0.6) is 0 Å². The van der Waals surface area contributed by atoms with Gasteiger partial charge < -0.3 is 0 Å². The molecule has 0 aliphatic heterocycles. The summed E-state index contributed by atoms with van der Waals surface area (Å²) in [6, 6.07) is 14.9. The van der Waals surface area contributed by atoms with Gasteiger partial charge in [0.15, 0.2) is 0 Å². The van der Waals surface area contributed by atoms with Gasteiger partial charge in [0, 0.05) is 0 Å². The monoisotopic (exact) mass is 326 g/mol. The number of nitrogens with zero attached hydrogens (tertiary/aromatic N) is 3. The Balaban J connectivity index is 1.72. The van der Waals surface area contributed by atoms with Gasteiger partial charge in [-0.25, -0.2) is 9.67 Å². The molecule has 0 bridgehead atoms. The highest BCUT2D eigenvalue weighted by Crippen LogP contribution is 2.16. The molecule has 0 spiro atoms. The third kappa shape index (κ3) is 3.57. The number of rotatable bonds is 4. The summed E-state index contributed by atoms with van der Waals surface area (Å²) in [7, 11) is 0. The van der Waals surface area contributed by atoms with Crippen LogP contribution in [0.2, 0.25) is 5.02 Å². The number of nitrogens with one attached hydrogen (secondary N) is 1. The number of benzene rings is 2. The summed E-state index contributed by atoms with van der Waals surface area (Å²) < 4.78 is 1.69. The fraction of sp³-hybridized carbons (Fsp3) is 0.118. The van der Waals surface area contributed by atoms with E-state index in [0.29, 0.717) is 17.1 Å². The molecule has 0 atom stereocenters. The molecule has 0 saturated heterocycles. The molecule has 6 heteroatoms. The van der Waals surface area contributed by atoms with Crippen molar-refractivity contribution in [3.63, 3.8) is 0 Å². The van der Waals surface area contributed by atoms with Crippen molar-refractivity contribution >= 4 is 23.5 Å². The van der Waals surface area contributed by atoms with Crippen LogP contribution in [0, 0.1) is 6.92 Å². The molecule has 3 rings (SSSR count). The Morgan fingerprint density at radius 2 is 1.91 bits per heavy atom. The second-order valence-corrected chi connectivity index (χ2v) is 5.53. The SMILES string of the molecule is Cc1ccccc1Cn1cnc(NC(=O)c2ccccc2Cl)n1. The molecule has 0 fully saturated rings. The van der Waals surface area contributed by atoms with Crippen molar-refractivity contribution in [2.75, 3.05) is 5.32 Å². The van der Waals surface area contributed by atoms with Crippen LogP contribution < -0.4 is 5.32 Å². The fourth-order valence-electron chi connectivity index (χ4n) is 2.20. The number of hydrogen-bond acceptors (Lipinski definition) is 3. The molecule has 116 valence electrons. The molecule has 3 aromatic rings. The van der Waals surface area contributed by atoms with Gasteiger partial charge >= 0.3 is 0 Å². The average molecular weight is 327 g/mol. The van der Waals surface area contributed by atoms with Gasteiger partial charge in [-0.2, -0.15) is 0 Å². The van der Waals surface area contributed by atoms with Gasteiger partial charge in [-0.1, -0.05) is 48.0 Å². The van der Waals surface area contributed by atoms with Crippen LogP contribution in [0.25, 0.3) is 0 Å². The molecule has 0 radical (unpaired) electrons. The number of aromatic nitrogens is 3. The third-order valence-corrected chi connectivity index (χ3v) is 3.80. The lowest BCUT2D eigenvalue weighted by atomic mass is 10.1. The summed E-state index contributed by atoms with van der Waals surface area (Å²) in [6.07, 6.45) is 1.59. The molecular formula is C17H15ClN4O. The first-order valence-corrected chi connectivity index (χ1v) is 7.51. The van der Waals surface area contributed by atoms with Crippen molar-refractivity contribution in [2.24, 2.45) is 0 Å². The standard InChI is InChI=1S/C17H15ClN4O/c1-12-6-2-3-7-13(12)10-22-11-19-17(21-22)20-16(23)14-8-4-5-9-15(14)18/h2-9,11H,10H2,1H3,(H,20,21,23). The van der Waals surface area contributed by atoms with Gasteiger partial charge in [0.05, 0.1) is 17.1 Å². The second kappa shape index (κ2) is 6.62. The van der Waals surface area contributed by atoms with E-state index >= 15 is 0 Å². The molecule has 1 amide bonds. The van der Waals surface area contributed by atoms with Crippen LogP contribution in [0.15, 0.2) is 54.9 Å². The molecule has 0 aliphatic rings. The number of halogens is 1. The summed E-state index contributed by atoms with van der Waals surface area (Å²) >= 11 is 6.01. The Bertz CT molecular complexity index is 844. The zero-order valence-electron chi connectivity index (χ0n) is 12.5. The summed E-state index contributed by atoms with van der Waals surface area (Å²) in [6.45, 7) is 2.65. The quantitative estimate of drug-likeness (QED) is 0.797. The predicted octanol–water partition coefficient (Wildman–Crippen LogP) is 3.54. The van der Waals surface area contributed by atoms with Crippen LogP contribution in [0.1, 0.15) is 21.5 Å². The summed E-state index contributed by atoms with van der Waals surface area (Å²) in [5.74, 6) is -0.0762. The van der Waals surface area contributed by atoms with Crippen LogP contribution in [-0.4, -0.2) is 20.7 Å². The Morgan fingerprint density at radius 1 is 1.17 bits per heavy atom. The van der Waals surface area contributed by atoms with E-state index < -0.39 is 0 Å². The minimum absolute atomic E-state index is 0.253. The van der Waals surface area contributed by atoms with Crippen LogP contribution in [-0.2, 0) is 6.54 Å². The molecule has 1 heterocycles. The van der Waals surface area contributed by atoms with Crippen LogP contribution >= 0.6 is 11.6 Å². The largest absolute Gasteiger partial charge is 0.289 e. The maximum Gasteiger partial charge on any atom is 0.259 e. The molecule has 0 unspecified atom stereocenters. The smallest absolute Gasteiger partial charge is 0.259 e. The Labute approximate surface area is 138 Å². The zero-order valence-corrected chi connectivity index (χ0v) is 13.3. The number of carbonyl (C=O) groups excluding carboxylic acids is 1. The van der Waals surface area contributed by atoms with Gasteiger partial charge in [0.1, 0.15) is 6.33 Å². The van der Waals surface area contributed by atoms with Crippen molar-refractivity contribution in [1.29, 1.82) is 0 Å². The highest BCUT2D eigenvalue weighted by Gasteiger charge is 2.12. The van der Waals surface area contributed by atoms with E-state index in [1.165, 1.54) is 5.56 Å². The number of aryl methyl sites for hydroxylation is 1. The topological polar surface area (TPSA) is 59.8 Å². The van der Waals surface area contributed by atoms with Crippen molar-refractivity contribution in [3.05, 3.63) is 76.6 Å². The Morgan fingerprint density at radius 3 is 2.70 bits per heavy atom. The van der Waals surface area contributed by atoms with Crippen molar-refractivity contribution in [2.45, 2.75) is 13.5 Å². The summed E-state index contributed by atoms with van der Waals surface area (Å²) in [5.41, 5.74) is 2.73. The lowest BCUT2D eigenvalue weighted by molar-refractivity contribution is 0.102. The number of anilines is 1. The fourth-order valence-corrected chi connectivity index (χ4v) is 2.43. The third-order valence-electron chi connectivity index (χ3n) is 3.47. The van der Waals surface area contributed by atoms with Gasteiger partial charge in [-0.05, 0) is 30.2 Å². The van der Waals surface area contributed by atoms with Crippen LogP contribution in [0.4, 0.5) is 5.95 Å². The van der Waals surface area contributed by atoms with Crippen molar-refractivity contribution < 1.29 is 4.79 Å². The predicted molar refractivity (Wildman–Crippen MR) is 89.7 cm³/mol. The van der Waals surface area contributed by atoms with Gasteiger partial charge in [0.25, 0.3) is 5.91 Å². The highest BCUT2D eigenvalue weighted by molar-refractivity contribution is 6.34. The van der Waals surface area contributed by atoms with Gasteiger partial charge in [-0.3, -0.25) is 10.1 Å². The zero-order chi connectivity index (χ0) is 16.2. The molecular weight excluding hydrogens is 312 g/mol.